The van der Waals surface area contributed by atoms with Crippen molar-refractivity contribution >= 4 is 59.0 Å². The van der Waals surface area contributed by atoms with E-state index in [1.165, 1.54) is 19.1 Å². The first kappa shape index (κ1) is 23.1. The van der Waals surface area contributed by atoms with Crippen molar-refractivity contribution in [1.29, 1.82) is 0 Å². The lowest BCUT2D eigenvalue weighted by molar-refractivity contribution is -0.137. The molecule has 2 aromatic rings. The van der Waals surface area contributed by atoms with Gasteiger partial charge in [-0.05, 0) is 18.2 Å². The Morgan fingerprint density at radius 2 is 1.89 bits per heavy atom. The molecule has 0 unspecified atom stereocenters. The molecule has 6 nitrogen and oxygen atoms in total. The van der Waals surface area contributed by atoms with Crippen molar-refractivity contribution in [3.05, 3.63) is 40.0 Å². The van der Waals surface area contributed by atoms with Gasteiger partial charge in [0, 0.05) is 31.9 Å². The molecule has 1 amide bonds. The zero-order valence-electron chi connectivity index (χ0n) is 13.8. The van der Waals surface area contributed by atoms with E-state index in [1.807, 2.05) is 0 Å². The lowest BCUT2D eigenvalue weighted by Gasteiger charge is -2.15. The second kappa shape index (κ2) is 9.82. The highest BCUT2D eigenvalue weighted by Gasteiger charge is 2.35. The maximum Gasteiger partial charge on any atom is 0.421 e. The van der Waals surface area contributed by atoms with Gasteiger partial charge in [0.05, 0.1) is 10.0 Å². The number of aromatic nitrogens is 2. The molecule has 3 N–H and O–H groups in total. The van der Waals surface area contributed by atoms with Gasteiger partial charge < -0.3 is 16.0 Å². The Hall–Kier alpha value is -1.97. The van der Waals surface area contributed by atoms with Crippen LogP contribution in [-0.2, 0) is 11.0 Å². The number of amides is 1. The molecule has 1 heterocycles. The van der Waals surface area contributed by atoms with Crippen molar-refractivity contribution in [3.63, 3.8) is 0 Å². The highest BCUT2D eigenvalue weighted by Crippen LogP contribution is 2.34. The summed E-state index contributed by atoms with van der Waals surface area (Å²) in [5, 5.41) is 8.39. The Morgan fingerprint density at radius 1 is 1.19 bits per heavy atom. The van der Waals surface area contributed by atoms with Gasteiger partial charge >= 0.3 is 6.18 Å². The number of carbonyl (C=O) groups is 1. The Morgan fingerprint density at radius 3 is 2.48 bits per heavy atom. The molecule has 0 bridgehead atoms. The number of nitrogens with zero attached hydrogens (tertiary/aromatic N) is 2. The predicted octanol–water partition coefficient (Wildman–Crippen LogP) is 4.52. The zero-order chi connectivity index (χ0) is 19.3. The fourth-order valence-corrected chi connectivity index (χ4v) is 2.20. The van der Waals surface area contributed by atoms with Crippen LogP contribution in [0, 0.1) is 0 Å². The molecule has 0 spiro atoms. The Bertz CT molecular complexity index is 805. The predicted molar refractivity (Wildman–Crippen MR) is 101 cm³/mol. The monoisotopic (exact) mass is 443 g/mol. The topological polar surface area (TPSA) is 78.9 Å². The number of alkyl halides is 3. The highest BCUT2D eigenvalue weighted by atomic mass is 35.5. The maximum atomic E-state index is 13.1. The van der Waals surface area contributed by atoms with Gasteiger partial charge in [-0.25, -0.2) is 4.98 Å². The molecule has 0 atom stereocenters. The quantitative estimate of drug-likeness (QED) is 0.571. The van der Waals surface area contributed by atoms with Crippen LogP contribution in [0.15, 0.2) is 24.4 Å². The molecule has 0 saturated carbocycles. The lowest BCUT2D eigenvalue weighted by atomic mass is 10.3. The minimum Gasteiger partial charge on any atom is -0.368 e. The molecule has 0 aliphatic carbocycles. The van der Waals surface area contributed by atoms with Crippen molar-refractivity contribution in [2.24, 2.45) is 0 Å². The first-order valence-electron chi connectivity index (χ1n) is 7.31. The summed E-state index contributed by atoms with van der Waals surface area (Å²) in [6.07, 6.45) is -3.95. The van der Waals surface area contributed by atoms with Gasteiger partial charge in [0.15, 0.2) is 0 Å². The molecule has 0 aliphatic heterocycles. The SMILES string of the molecule is CC(=O)NCCNc1nc(Nc2ccc(Cl)c(Cl)c2)ncc1C(F)(F)F.Cl. The summed E-state index contributed by atoms with van der Waals surface area (Å²) in [5.74, 6) is -0.744. The Balaban J connectivity index is 0.00000364. The number of nitrogens with one attached hydrogen (secondary N) is 3. The first-order chi connectivity index (χ1) is 12.2. The molecular formula is C15H15Cl3F3N5O. The summed E-state index contributed by atoms with van der Waals surface area (Å²) in [6.45, 7) is 1.52. The molecule has 0 radical (unpaired) electrons. The minimum atomic E-state index is -4.63. The van der Waals surface area contributed by atoms with E-state index in [0.717, 1.165) is 0 Å². The Kier molecular flexibility index (Phi) is 8.39. The van der Waals surface area contributed by atoms with Crippen LogP contribution in [0.2, 0.25) is 10.0 Å². The number of carbonyl (C=O) groups excluding carboxylic acids is 1. The van der Waals surface area contributed by atoms with Crippen molar-refractivity contribution in [2.45, 2.75) is 13.1 Å². The summed E-state index contributed by atoms with van der Waals surface area (Å²) < 4.78 is 39.3. The Labute approximate surface area is 169 Å². The molecule has 1 aromatic carbocycles. The fourth-order valence-electron chi connectivity index (χ4n) is 1.91. The van der Waals surface area contributed by atoms with Crippen molar-refractivity contribution in [2.75, 3.05) is 23.7 Å². The van der Waals surface area contributed by atoms with Crippen molar-refractivity contribution < 1.29 is 18.0 Å². The van der Waals surface area contributed by atoms with Gasteiger partial charge in [-0.15, -0.1) is 12.4 Å². The van der Waals surface area contributed by atoms with E-state index in [2.05, 4.69) is 25.9 Å². The standard InChI is InChI=1S/C15H14Cl2F3N5O.ClH/c1-8(26)21-4-5-22-13-10(15(18,19)20)7-23-14(25-13)24-9-2-3-11(16)12(17)6-9;/h2-3,6-7H,4-5H2,1H3,(H,21,26)(H2,22,23,24,25);1H. The molecular weight excluding hydrogens is 430 g/mol. The minimum absolute atomic E-state index is 0. The average molecular weight is 445 g/mol. The second-order valence-electron chi connectivity index (χ2n) is 5.12. The molecule has 0 fully saturated rings. The van der Waals surface area contributed by atoms with Gasteiger partial charge in [-0.2, -0.15) is 18.2 Å². The van der Waals surface area contributed by atoms with Crippen LogP contribution >= 0.6 is 35.6 Å². The van der Waals surface area contributed by atoms with E-state index < -0.39 is 17.6 Å². The fraction of sp³-hybridized carbons (Fsp3) is 0.267. The third-order valence-corrected chi connectivity index (χ3v) is 3.80. The number of hydrogen-bond donors (Lipinski definition) is 3. The van der Waals surface area contributed by atoms with Crippen LogP contribution in [0.3, 0.4) is 0 Å². The van der Waals surface area contributed by atoms with Crippen LogP contribution in [0.5, 0.6) is 0 Å². The van der Waals surface area contributed by atoms with Crippen LogP contribution in [0.4, 0.5) is 30.6 Å². The summed E-state index contributed by atoms with van der Waals surface area (Å²) in [4.78, 5) is 18.4. The van der Waals surface area contributed by atoms with Gasteiger partial charge in [-0.3, -0.25) is 4.79 Å². The van der Waals surface area contributed by atoms with Crippen LogP contribution in [0.25, 0.3) is 0 Å². The van der Waals surface area contributed by atoms with Gasteiger partial charge in [0.25, 0.3) is 0 Å². The third-order valence-electron chi connectivity index (χ3n) is 3.06. The lowest BCUT2D eigenvalue weighted by Crippen LogP contribution is -2.27. The number of benzene rings is 1. The summed E-state index contributed by atoms with van der Waals surface area (Å²) in [6, 6.07) is 4.61. The molecule has 12 heteroatoms. The molecule has 1 aromatic heterocycles. The summed E-state index contributed by atoms with van der Waals surface area (Å²) in [5.41, 5.74) is -0.552. The normalized spacial score (nSPS) is 10.7. The number of anilines is 3. The maximum absolute atomic E-state index is 13.1. The van der Waals surface area contributed by atoms with E-state index in [9.17, 15) is 18.0 Å². The summed E-state index contributed by atoms with van der Waals surface area (Å²) >= 11 is 11.7. The second-order valence-corrected chi connectivity index (χ2v) is 5.93. The first-order valence-corrected chi connectivity index (χ1v) is 8.07. The van der Waals surface area contributed by atoms with Crippen LogP contribution in [0.1, 0.15) is 12.5 Å². The smallest absolute Gasteiger partial charge is 0.368 e. The van der Waals surface area contributed by atoms with E-state index in [-0.39, 0.29) is 42.4 Å². The number of hydrogen-bond acceptors (Lipinski definition) is 5. The molecule has 0 saturated heterocycles. The third kappa shape index (κ3) is 6.93. The van der Waals surface area contributed by atoms with E-state index in [1.54, 1.807) is 6.07 Å². The number of rotatable bonds is 6. The van der Waals surface area contributed by atoms with E-state index in [0.29, 0.717) is 16.9 Å². The largest absolute Gasteiger partial charge is 0.421 e. The van der Waals surface area contributed by atoms with Crippen molar-refractivity contribution in [1.82, 2.24) is 15.3 Å². The van der Waals surface area contributed by atoms with Crippen LogP contribution < -0.4 is 16.0 Å². The molecule has 0 aliphatic rings. The van der Waals surface area contributed by atoms with Gasteiger partial charge in [-0.1, -0.05) is 23.2 Å². The molecule has 27 heavy (non-hydrogen) atoms. The van der Waals surface area contributed by atoms with E-state index >= 15 is 0 Å². The van der Waals surface area contributed by atoms with Gasteiger partial charge in [0.1, 0.15) is 11.4 Å². The summed E-state index contributed by atoms with van der Waals surface area (Å²) in [7, 11) is 0. The van der Waals surface area contributed by atoms with Crippen LogP contribution in [-0.4, -0.2) is 29.0 Å². The van der Waals surface area contributed by atoms with Gasteiger partial charge in [0.2, 0.25) is 11.9 Å². The highest BCUT2D eigenvalue weighted by molar-refractivity contribution is 6.42. The zero-order valence-corrected chi connectivity index (χ0v) is 16.2. The van der Waals surface area contributed by atoms with Crippen molar-refractivity contribution in [3.8, 4) is 0 Å². The molecule has 2 rings (SSSR count). The van der Waals surface area contributed by atoms with E-state index in [4.69, 9.17) is 23.2 Å². The molecule has 148 valence electrons. The average Bonchev–Trinajstić information content (AvgIpc) is 2.54. The number of halogens is 6.